The number of carbonyl (C=O) groups is 2. The maximum atomic E-state index is 14.0. The highest BCUT2D eigenvalue weighted by molar-refractivity contribution is 7.92. The Morgan fingerprint density at radius 3 is 2.34 bits per heavy atom. The maximum absolute atomic E-state index is 14.0. The van der Waals surface area contributed by atoms with Gasteiger partial charge in [0.2, 0.25) is 11.8 Å². The number of rotatable bonds is 13. The van der Waals surface area contributed by atoms with Crippen molar-refractivity contribution in [3.8, 4) is 5.75 Å². The summed E-state index contributed by atoms with van der Waals surface area (Å²) >= 11 is 12.5. The lowest BCUT2D eigenvalue weighted by molar-refractivity contribution is -0.139. The van der Waals surface area contributed by atoms with Crippen LogP contribution in [0.25, 0.3) is 0 Å². The lowest BCUT2D eigenvalue weighted by Crippen LogP contribution is -2.51. The van der Waals surface area contributed by atoms with Gasteiger partial charge in [-0.3, -0.25) is 13.9 Å². The molecule has 0 radical (unpaired) electrons. The Hall–Kier alpha value is -3.27. The number of hydrogen-bond donors (Lipinski definition) is 1. The van der Waals surface area contributed by atoms with Crippen molar-refractivity contribution in [2.45, 2.75) is 51.1 Å². The van der Waals surface area contributed by atoms with Gasteiger partial charge in [0, 0.05) is 23.1 Å². The predicted octanol–water partition coefficient (Wildman–Crippen LogP) is 5.84. The number of nitrogens with one attached hydrogen (secondary N) is 1. The number of sulfonamides is 1. The first-order chi connectivity index (χ1) is 19.5. The average Bonchev–Trinajstić information content (AvgIpc) is 2.95. The van der Waals surface area contributed by atoms with E-state index in [0.29, 0.717) is 22.2 Å². The highest BCUT2D eigenvalue weighted by Gasteiger charge is 2.34. The third kappa shape index (κ3) is 8.15. The van der Waals surface area contributed by atoms with Gasteiger partial charge in [-0.1, -0.05) is 72.4 Å². The monoisotopic (exact) mass is 619 g/mol. The van der Waals surface area contributed by atoms with E-state index in [1.54, 1.807) is 61.5 Å². The van der Waals surface area contributed by atoms with Gasteiger partial charge in [-0.05, 0) is 62.2 Å². The molecule has 0 bridgehead atoms. The SMILES string of the molecule is CCCCNC(=O)[C@H](C)N(Cc1ccc(Cl)cc1Cl)C(=O)CN(c1ccccc1OC)S(=O)(=O)c1ccc(C)cc1. The lowest BCUT2D eigenvalue weighted by Gasteiger charge is -2.32. The minimum absolute atomic E-state index is 0.0134. The fraction of sp³-hybridized carbons (Fsp3) is 0.333. The minimum Gasteiger partial charge on any atom is -0.495 e. The summed E-state index contributed by atoms with van der Waals surface area (Å²) in [5, 5.41) is 3.60. The number of hydrogen-bond acceptors (Lipinski definition) is 5. The second-order valence-electron chi connectivity index (χ2n) is 9.57. The third-order valence-corrected chi connectivity index (χ3v) is 8.96. The molecule has 3 aromatic rings. The third-order valence-electron chi connectivity index (χ3n) is 6.59. The van der Waals surface area contributed by atoms with Gasteiger partial charge in [-0.2, -0.15) is 0 Å². The molecule has 0 saturated carbocycles. The second kappa shape index (κ2) is 14.6. The van der Waals surface area contributed by atoms with Gasteiger partial charge in [-0.25, -0.2) is 8.42 Å². The van der Waals surface area contributed by atoms with E-state index in [4.69, 9.17) is 27.9 Å². The molecular weight excluding hydrogens is 585 g/mol. The molecule has 41 heavy (non-hydrogen) atoms. The molecular formula is C30H35Cl2N3O5S. The first kappa shape index (κ1) is 32.2. The number of methoxy groups -OCH3 is 1. The molecule has 8 nitrogen and oxygen atoms in total. The molecule has 11 heteroatoms. The Bertz CT molecular complexity index is 1470. The zero-order valence-electron chi connectivity index (χ0n) is 23.6. The number of halogens is 2. The number of anilines is 1. The number of benzene rings is 3. The van der Waals surface area contributed by atoms with E-state index in [-0.39, 0.29) is 28.8 Å². The molecule has 0 aromatic heterocycles. The van der Waals surface area contributed by atoms with Crippen molar-refractivity contribution in [1.29, 1.82) is 0 Å². The number of amides is 2. The van der Waals surface area contributed by atoms with Crippen LogP contribution in [-0.2, 0) is 26.2 Å². The summed E-state index contributed by atoms with van der Waals surface area (Å²) < 4.78 is 34.4. The molecule has 2 amide bonds. The van der Waals surface area contributed by atoms with Crippen molar-refractivity contribution < 1.29 is 22.7 Å². The molecule has 0 spiro atoms. The standard InChI is InChI=1S/C30H35Cl2N3O5S/c1-5-6-17-33-30(37)22(3)34(19-23-13-14-24(31)18-26(23)32)29(36)20-35(27-9-7-8-10-28(27)40-4)41(38,39)25-15-11-21(2)12-16-25/h7-16,18,22H,5-6,17,19-20H2,1-4H3,(H,33,37)/t22-/m0/s1. The first-order valence-corrected chi connectivity index (χ1v) is 15.4. The van der Waals surface area contributed by atoms with Crippen molar-refractivity contribution in [3.05, 3.63) is 87.9 Å². The van der Waals surface area contributed by atoms with E-state index in [0.717, 1.165) is 22.7 Å². The lowest BCUT2D eigenvalue weighted by atomic mass is 10.1. The van der Waals surface area contributed by atoms with E-state index in [1.165, 1.54) is 24.1 Å². The van der Waals surface area contributed by atoms with Gasteiger partial charge in [0.05, 0.1) is 17.7 Å². The number of nitrogens with zero attached hydrogens (tertiary/aromatic N) is 2. The summed E-state index contributed by atoms with van der Waals surface area (Å²) in [5.74, 6) is -0.688. The molecule has 0 aliphatic rings. The van der Waals surface area contributed by atoms with Crippen molar-refractivity contribution in [1.82, 2.24) is 10.2 Å². The molecule has 3 rings (SSSR count). The molecule has 0 aliphatic carbocycles. The maximum Gasteiger partial charge on any atom is 0.264 e. The van der Waals surface area contributed by atoms with Gasteiger partial charge < -0.3 is 15.0 Å². The summed E-state index contributed by atoms with van der Waals surface area (Å²) in [6.45, 7) is 5.29. The topological polar surface area (TPSA) is 96.0 Å². The molecule has 0 saturated heterocycles. The molecule has 0 aliphatic heterocycles. The Balaban J connectivity index is 2.06. The van der Waals surface area contributed by atoms with Crippen molar-refractivity contribution in [3.63, 3.8) is 0 Å². The van der Waals surface area contributed by atoms with E-state index < -0.39 is 28.5 Å². The summed E-state index contributed by atoms with van der Waals surface area (Å²) in [5.41, 5.74) is 1.63. The average molecular weight is 621 g/mol. The van der Waals surface area contributed by atoms with Crippen LogP contribution in [0.4, 0.5) is 5.69 Å². The Labute approximate surface area is 252 Å². The summed E-state index contributed by atoms with van der Waals surface area (Å²) in [4.78, 5) is 28.5. The highest BCUT2D eigenvalue weighted by Crippen LogP contribution is 2.33. The Kier molecular flexibility index (Phi) is 11.5. The summed E-state index contributed by atoms with van der Waals surface area (Å²) in [6.07, 6.45) is 1.67. The van der Waals surface area contributed by atoms with E-state index in [1.807, 2.05) is 13.8 Å². The molecule has 0 unspecified atom stereocenters. The number of ether oxygens (including phenoxy) is 1. The van der Waals surface area contributed by atoms with Crippen molar-refractivity contribution >= 4 is 50.7 Å². The molecule has 0 heterocycles. The van der Waals surface area contributed by atoms with Crippen LogP contribution in [0.1, 0.15) is 37.8 Å². The van der Waals surface area contributed by atoms with Crippen LogP contribution in [0, 0.1) is 6.92 Å². The Morgan fingerprint density at radius 1 is 1.02 bits per heavy atom. The molecule has 0 fully saturated rings. The van der Waals surface area contributed by atoms with Crippen LogP contribution in [-0.4, -0.2) is 51.4 Å². The molecule has 220 valence electrons. The predicted molar refractivity (Wildman–Crippen MR) is 163 cm³/mol. The van der Waals surface area contributed by atoms with Crippen molar-refractivity contribution in [2.75, 3.05) is 24.5 Å². The summed E-state index contributed by atoms with van der Waals surface area (Å²) in [6, 6.07) is 16.9. The number of para-hydroxylation sites is 2. The quantitative estimate of drug-likeness (QED) is 0.243. The smallest absolute Gasteiger partial charge is 0.264 e. The van der Waals surface area contributed by atoms with Gasteiger partial charge in [0.25, 0.3) is 10.0 Å². The van der Waals surface area contributed by atoms with Gasteiger partial charge in [-0.15, -0.1) is 0 Å². The van der Waals surface area contributed by atoms with Crippen LogP contribution >= 0.6 is 23.2 Å². The van der Waals surface area contributed by atoms with Gasteiger partial charge in [0.1, 0.15) is 18.3 Å². The fourth-order valence-electron chi connectivity index (χ4n) is 4.14. The zero-order valence-corrected chi connectivity index (χ0v) is 25.9. The number of aryl methyl sites for hydroxylation is 1. The largest absolute Gasteiger partial charge is 0.495 e. The van der Waals surface area contributed by atoms with Crippen LogP contribution in [0.5, 0.6) is 5.75 Å². The zero-order chi connectivity index (χ0) is 30.2. The molecule has 1 N–H and O–H groups in total. The van der Waals surface area contributed by atoms with Gasteiger partial charge in [0.15, 0.2) is 0 Å². The van der Waals surface area contributed by atoms with Crippen LogP contribution in [0.15, 0.2) is 71.6 Å². The van der Waals surface area contributed by atoms with Crippen molar-refractivity contribution in [2.24, 2.45) is 0 Å². The van der Waals surface area contributed by atoms with Crippen LogP contribution in [0.2, 0.25) is 10.0 Å². The second-order valence-corrected chi connectivity index (χ2v) is 12.3. The minimum atomic E-state index is -4.22. The van der Waals surface area contributed by atoms with E-state index in [9.17, 15) is 18.0 Å². The highest BCUT2D eigenvalue weighted by atomic mass is 35.5. The number of unbranched alkanes of at least 4 members (excludes halogenated alkanes) is 1. The number of carbonyl (C=O) groups excluding carboxylic acids is 2. The van der Waals surface area contributed by atoms with E-state index in [2.05, 4.69) is 5.32 Å². The van der Waals surface area contributed by atoms with Crippen LogP contribution in [0.3, 0.4) is 0 Å². The summed E-state index contributed by atoms with van der Waals surface area (Å²) in [7, 11) is -2.79. The fourth-order valence-corrected chi connectivity index (χ4v) is 6.03. The molecule has 1 atom stereocenters. The van der Waals surface area contributed by atoms with Crippen LogP contribution < -0.4 is 14.4 Å². The normalized spacial score (nSPS) is 12.0. The van der Waals surface area contributed by atoms with Gasteiger partial charge >= 0.3 is 0 Å². The molecule has 3 aromatic carbocycles. The van der Waals surface area contributed by atoms with E-state index >= 15 is 0 Å². The first-order valence-electron chi connectivity index (χ1n) is 13.2. The Morgan fingerprint density at radius 2 is 1.71 bits per heavy atom.